The summed E-state index contributed by atoms with van der Waals surface area (Å²) >= 11 is 0. The normalized spacial score (nSPS) is 11.3. The first-order valence-corrected chi connectivity index (χ1v) is 4.71. The molecule has 0 saturated heterocycles. The second kappa shape index (κ2) is 7.79. The first-order valence-electron chi connectivity index (χ1n) is 4.71. The van der Waals surface area contributed by atoms with Gasteiger partial charge in [-0.3, -0.25) is 9.59 Å². The smallest absolute Gasteiger partial charge is 0.310 e. The molecule has 4 heteroatoms. The Labute approximate surface area is 89.6 Å². The Bertz CT molecular complexity index is 245. The average Bonchev–Trinajstić information content (AvgIpc) is 2.15. The molecular weight excluding hydrogens is 196 g/mol. The van der Waals surface area contributed by atoms with Gasteiger partial charge < -0.3 is 9.47 Å². The van der Waals surface area contributed by atoms with Crippen LogP contribution in [0.1, 0.15) is 26.2 Å². The Hall–Kier alpha value is -1.58. The molecular formula is C11H16O4. The van der Waals surface area contributed by atoms with E-state index >= 15 is 0 Å². The van der Waals surface area contributed by atoms with Gasteiger partial charge in [0.15, 0.2) is 0 Å². The van der Waals surface area contributed by atoms with Gasteiger partial charge in [0.2, 0.25) is 0 Å². The van der Waals surface area contributed by atoms with E-state index in [2.05, 4.69) is 22.6 Å². The molecule has 0 saturated carbocycles. The zero-order valence-corrected chi connectivity index (χ0v) is 8.90. The fourth-order valence-corrected chi connectivity index (χ4v) is 1.04. The summed E-state index contributed by atoms with van der Waals surface area (Å²) in [6.07, 6.45) is 3.32. The van der Waals surface area contributed by atoms with E-state index in [4.69, 9.17) is 0 Å². The van der Waals surface area contributed by atoms with Crippen molar-refractivity contribution in [3.63, 3.8) is 0 Å². The molecule has 15 heavy (non-hydrogen) atoms. The van der Waals surface area contributed by atoms with Gasteiger partial charge in [-0.25, -0.2) is 0 Å². The van der Waals surface area contributed by atoms with Crippen molar-refractivity contribution in [1.29, 1.82) is 0 Å². The van der Waals surface area contributed by atoms with E-state index in [1.807, 2.05) is 6.92 Å². The number of rotatable bonds is 7. The molecule has 0 amide bonds. The molecule has 0 rings (SSSR count). The molecule has 0 bridgehead atoms. The lowest BCUT2D eigenvalue weighted by atomic mass is 10.0. The lowest BCUT2D eigenvalue weighted by Crippen LogP contribution is -2.09. The molecule has 1 unspecified atom stereocenters. The van der Waals surface area contributed by atoms with Crippen molar-refractivity contribution >= 4 is 11.9 Å². The summed E-state index contributed by atoms with van der Waals surface area (Å²) in [4.78, 5) is 21.9. The molecule has 0 aromatic rings. The third kappa shape index (κ3) is 7.49. The highest BCUT2D eigenvalue weighted by atomic mass is 16.5. The largest absolute Gasteiger partial charge is 0.435 e. The third-order valence-corrected chi connectivity index (χ3v) is 1.79. The Balaban J connectivity index is 3.69. The SMILES string of the molecule is C=COC(=O)CCC(C)CC(=O)OC=C. The van der Waals surface area contributed by atoms with Gasteiger partial charge in [0.1, 0.15) is 0 Å². The lowest BCUT2D eigenvalue weighted by molar-refractivity contribution is -0.141. The van der Waals surface area contributed by atoms with E-state index in [-0.39, 0.29) is 30.7 Å². The monoisotopic (exact) mass is 212 g/mol. The van der Waals surface area contributed by atoms with Gasteiger partial charge in [0.05, 0.1) is 12.5 Å². The third-order valence-electron chi connectivity index (χ3n) is 1.79. The van der Waals surface area contributed by atoms with Gasteiger partial charge in [0, 0.05) is 12.8 Å². The maximum Gasteiger partial charge on any atom is 0.310 e. The van der Waals surface area contributed by atoms with E-state index in [1.165, 1.54) is 0 Å². The van der Waals surface area contributed by atoms with Crippen LogP contribution in [0.25, 0.3) is 0 Å². The second-order valence-corrected chi connectivity index (χ2v) is 3.16. The molecule has 0 spiro atoms. The summed E-state index contributed by atoms with van der Waals surface area (Å²) in [5, 5.41) is 0. The minimum atomic E-state index is -0.339. The molecule has 0 aromatic heterocycles. The topological polar surface area (TPSA) is 52.6 Å². The fraction of sp³-hybridized carbons (Fsp3) is 0.455. The van der Waals surface area contributed by atoms with Gasteiger partial charge in [-0.05, 0) is 12.3 Å². The van der Waals surface area contributed by atoms with Gasteiger partial charge >= 0.3 is 11.9 Å². The van der Waals surface area contributed by atoms with Crippen molar-refractivity contribution in [3.8, 4) is 0 Å². The summed E-state index contributed by atoms with van der Waals surface area (Å²) in [6, 6.07) is 0. The van der Waals surface area contributed by atoms with Crippen molar-refractivity contribution in [2.75, 3.05) is 0 Å². The average molecular weight is 212 g/mol. The summed E-state index contributed by atoms with van der Waals surface area (Å²) in [5.41, 5.74) is 0. The molecule has 0 N–H and O–H groups in total. The zero-order chi connectivity index (χ0) is 11.7. The molecule has 0 aromatic carbocycles. The highest BCUT2D eigenvalue weighted by Gasteiger charge is 2.11. The number of ether oxygens (including phenoxy) is 2. The van der Waals surface area contributed by atoms with Gasteiger partial charge in [-0.2, -0.15) is 0 Å². The molecule has 0 heterocycles. The van der Waals surface area contributed by atoms with Crippen LogP contribution in [0.3, 0.4) is 0 Å². The summed E-state index contributed by atoms with van der Waals surface area (Å²) in [5.74, 6) is -0.599. The predicted octanol–water partition coefficient (Wildman–Crippen LogP) is 2.17. The maximum absolute atomic E-state index is 11.0. The van der Waals surface area contributed by atoms with Crippen molar-refractivity contribution in [2.45, 2.75) is 26.2 Å². The van der Waals surface area contributed by atoms with Crippen molar-refractivity contribution in [1.82, 2.24) is 0 Å². The Morgan fingerprint density at radius 2 is 1.73 bits per heavy atom. The van der Waals surface area contributed by atoms with Gasteiger partial charge in [-0.15, -0.1) is 0 Å². The second-order valence-electron chi connectivity index (χ2n) is 3.16. The van der Waals surface area contributed by atoms with E-state index in [0.717, 1.165) is 12.5 Å². The Morgan fingerprint density at radius 1 is 1.20 bits per heavy atom. The van der Waals surface area contributed by atoms with Crippen molar-refractivity contribution in [2.24, 2.45) is 5.92 Å². The van der Waals surface area contributed by atoms with Crippen LogP contribution < -0.4 is 0 Å². The van der Waals surface area contributed by atoms with Crippen LogP contribution in [0.2, 0.25) is 0 Å². The van der Waals surface area contributed by atoms with Crippen LogP contribution in [0.5, 0.6) is 0 Å². The highest BCUT2D eigenvalue weighted by molar-refractivity contribution is 5.71. The summed E-state index contributed by atoms with van der Waals surface area (Å²) in [7, 11) is 0. The number of hydrogen-bond acceptors (Lipinski definition) is 4. The Kier molecular flexibility index (Phi) is 6.97. The molecule has 0 aliphatic rings. The quantitative estimate of drug-likeness (QED) is 0.479. The van der Waals surface area contributed by atoms with Gasteiger partial charge in [0.25, 0.3) is 0 Å². The predicted molar refractivity (Wildman–Crippen MR) is 55.6 cm³/mol. The number of esters is 2. The lowest BCUT2D eigenvalue weighted by Gasteiger charge is -2.08. The van der Waals surface area contributed by atoms with Gasteiger partial charge in [-0.1, -0.05) is 20.1 Å². The molecule has 1 atom stereocenters. The van der Waals surface area contributed by atoms with E-state index in [0.29, 0.717) is 6.42 Å². The van der Waals surface area contributed by atoms with Crippen LogP contribution in [0.4, 0.5) is 0 Å². The number of carbonyl (C=O) groups excluding carboxylic acids is 2. The van der Waals surface area contributed by atoms with Crippen LogP contribution in [0, 0.1) is 5.92 Å². The minimum absolute atomic E-state index is 0.0785. The van der Waals surface area contributed by atoms with Crippen LogP contribution >= 0.6 is 0 Å². The number of hydrogen-bond donors (Lipinski definition) is 0. The number of carbonyl (C=O) groups is 2. The van der Waals surface area contributed by atoms with Crippen LogP contribution in [0.15, 0.2) is 25.7 Å². The van der Waals surface area contributed by atoms with Crippen molar-refractivity contribution < 1.29 is 19.1 Å². The summed E-state index contributed by atoms with van der Waals surface area (Å²) in [6.45, 7) is 8.42. The maximum atomic E-state index is 11.0. The fourth-order valence-electron chi connectivity index (χ4n) is 1.04. The molecule has 4 nitrogen and oxygen atoms in total. The van der Waals surface area contributed by atoms with E-state index < -0.39 is 0 Å². The molecule has 0 radical (unpaired) electrons. The molecule has 0 aliphatic carbocycles. The Morgan fingerprint density at radius 3 is 2.27 bits per heavy atom. The molecule has 84 valence electrons. The summed E-state index contributed by atoms with van der Waals surface area (Å²) < 4.78 is 9.10. The highest BCUT2D eigenvalue weighted by Crippen LogP contribution is 2.11. The first-order chi connectivity index (χ1) is 7.10. The zero-order valence-electron chi connectivity index (χ0n) is 8.90. The first kappa shape index (κ1) is 13.4. The minimum Gasteiger partial charge on any atom is -0.435 e. The van der Waals surface area contributed by atoms with Crippen LogP contribution in [-0.2, 0) is 19.1 Å². The van der Waals surface area contributed by atoms with E-state index in [9.17, 15) is 9.59 Å². The molecule has 0 aliphatic heterocycles. The standard InChI is InChI=1S/C11H16O4/c1-4-14-10(12)7-6-9(3)8-11(13)15-5-2/h4-5,9H,1-2,6-8H2,3H3. The van der Waals surface area contributed by atoms with E-state index in [1.54, 1.807) is 0 Å². The van der Waals surface area contributed by atoms with Crippen LogP contribution in [-0.4, -0.2) is 11.9 Å². The molecule has 0 fully saturated rings. The van der Waals surface area contributed by atoms with Crippen molar-refractivity contribution in [3.05, 3.63) is 25.7 Å².